The molecule has 1 aliphatic rings. The van der Waals surface area contributed by atoms with E-state index in [0.29, 0.717) is 30.9 Å². The second-order valence-electron chi connectivity index (χ2n) is 5.27. The first kappa shape index (κ1) is 15.0. The van der Waals surface area contributed by atoms with E-state index in [0.717, 1.165) is 11.3 Å². The molecule has 118 valence electrons. The highest BCUT2D eigenvalue weighted by Gasteiger charge is 2.20. The maximum atomic E-state index is 12.1. The molecule has 23 heavy (non-hydrogen) atoms. The molecule has 0 fully saturated rings. The van der Waals surface area contributed by atoms with Crippen molar-refractivity contribution in [2.75, 3.05) is 18.6 Å². The highest BCUT2D eigenvalue weighted by atomic mass is 16.5. The number of hydrogen-bond acceptors (Lipinski definition) is 4. The van der Waals surface area contributed by atoms with Gasteiger partial charge in [-0.2, -0.15) is 0 Å². The van der Waals surface area contributed by atoms with Crippen LogP contribution in [0.2, 0.25) is 0 Å². The summed E-state index contributed by atoms with van der Waals surface area (Å²) in [5, 5.41) is 2.85. The number of nitrogens with one attached hydrogen (secondary N) is 1. The van der Waals surface area contributed by atoms with Crippen LogP contribution in [0.4, 0.5) is 5.69 Å². The maximum absolute atomic E-state index is 12.1. The van der Waals surface area contributed by atoms with Crippen molar-refractivity contribution in [1.82, 2.24) is 10.3 Å². The molecule has 0 saturated heterocycles. The first-order valence-electron chi connectivity index (χ1n) is 7.35. The molecule has 1 aromatic heterocycles. The van der Waals surface area contributed by atoms with Gasteiger partial charge in [-0.3, -0.25) is 14.6 Å². The molecule has 0 aliphatic carbocycles. The van der Waals surface area contributed by atoms with Gasteiger partial charge in [-0.15, -0.1) is 0 Å². The number of pyridine rings is 1. The molecule has 0 bridgehead atoms. The second kappa shape index (κ2) is 6.48. The Kier molecular flexibility index (Phi) is 4.23. The summed E-state index contributed by atoms with van der Waals surface area (Å²) < 4.78 is 5.58. The fourth-order valence-corrected chi connectivity index (χ4v) is 2.40. The summed E-state index contributed by atoms with van der Waals surface area (Å²) in [7, 11) is 1.73. The van der Waals surface area contributed by atoms with Gasteiger partial charge in [0.1, 0.15) is 5.75 Å². The van der Waals surface area contributed by atoms with Crippen molar-refractivity contribution in [3.63, 3.8) is 0 Å². The highest BCUT2D eigenvalue weighted by molar-refractivity contribution is 5.95. The minimum atomic E-state index is -0.164. The Morgan fingerprint density at radius 2 is 2.09 bits per heavy atom. The number of carbonyl (C=O) groups excluding carboxylic acids is 2. The van der Waals surface area contributed by atoms with Crippen molar-refractivity contribution in [1.29, 1.82) is 0 Å². The Morgan fingerprint density at radius 3 is 2.87 bits per heavy atom. The summed E-state index contributed by atoms with van der Waals surface area (Å²) in [5.41, 5.74) is 2.19. The molecule has 2 aromatic rings. The molecule has 0 radical (unpaired) electrons. The average Bonchev–Trinajstić information content (AvgIpc) is 2.73. The summed E-state index contributed by atoms with van der Waals surface area (Å²) in [6, 6.07) is 8.90. The van der Waals surface area contributed by atoms with Crippen LogP contribution in [0.25, 0.3) is 0 Å². The Balaban J connectivity index is 1.73. The molecule has 1 N–H and O–H groups in total. The normalized spacial score (nSPS) is 13.8. The average molecular weight is 311 g/mol. The van der Waals surface area contributed by atoms with Crippen molar-refractivity contribution in [3.05, 3.63) is 53.9 Å². The summed E-state index contributed by atoms with van der Waals surface area (Å²) >= 11 is 0. The highest BCUT2D eigenvalue weighted by Crippen LogP contribution is 2.31. The lowest BCUT2D eigenvalue weighted by atomic mass is 10.1. The van der Waals surface area contributed by atoms with Crippen LogP contribution >= 0.6 is 0 Å². The molecule has 1 aromatic carbocycles. The van der Waals surface area contributed by atoms with Gasteiger partial charge < -0.3 is 15.0 Å². The summed E-state index contributed by atoms with van der Waals surface area (Å²) in [6.07, 6.45) is 3.52. The number of aromatic nitrogens is 1. The van der Waals surface area contributed by atoms with E-state index in [9.17, 15) is 9.59 Å². The lowest BCUT2D eigenvalue weighted by molar-refractivity contribution is -0.118. The molecular formula is C17H17N3O3. The van der Waals surface area contributed by atoms with Gasteiger partial charge in [0.25, 0.3) is 5.91 Å². The third-order valence-corrected chi connectivity index (χ3v) is 3.73. The lowest BCUT2D eigenvalue weighted by Crippen LogP contribution is -2.26. The van der Waals surface area contributed by atoms with Crippen molar-refractivity contribution in [2.45, 2.75) is 13.0 Å². The molecule has 0 saturated carbocycles. The molecule has 6 nitrogen and oxygen atoms in total. The fraction of sp³-hybridized carbons (Fsp3) is 0.235. The second-order valence-corrected chi connectivity index (χ2v) is 5.27. The molecule has 0 unspecified atom stereocenters. The fourth-order valence-electron chi connectivity index (χ4n) is 2.40. The Morgan fingerprint density at radius 1 is 1.30 bits per heavy atom. The van der Waals surface area contributed by atoms with Crippen molar-refractivity contribution in [3.8, 4) is 5.75 Å². The summed E-state index contributed by atoms with van der Waals surface area (Å²) in [4.78, 5) is 29.4. The van der Waals surface area contributed by atoms with Gasteiger partial charge in [0, 0.05) is 31.5 Å². The SMILES string of the molecule is CN1C(=O)CCOc2ccc(CNC(=O)c3ccncc3)cc21. The van der Waals surface area contributed by atoms with E-state index in [1.807, 2.05) is 18.2 Å². The number of fused-ring (bicyclic) bond motifs is 1. The van der Waals surface area contributed by atoms with Crippen LogP contribution in [-0.4, -0.2) is 30.5 Å². The van der Waals surface area contributed by atoms with Crippen LogP contribution in [0, 0.1) is 0 Å². The zero-order valence-electron chi connectivity index (χ0n) is 12.8. The zero-order valence-corrected chi connectivity index (χ0v) is 12.8. The number of hydrogen-bond donors (Lipinski definition) is 1. The number of amides is 2. The molecule has 3 rings (SSSR count). The van der Waals surface area contributed by atoms with E-state index < -0.39 is 0 Å². The Bertz CT molecular complexity index is 731. The maximum Gasteiger partial charge on any atom is 0.251 e. The number of carbonyl (C=O) groups is 2. The van der Waals surface area contributed by atoms with Crippen molar-refractivity contribution >= 4 is 17.5 Å². The monoisotopic (exact) mass is 311 g/mol. The number of rotatable bonds is 3. The van der Waals surface area contributed by atoms with Crippen LogP contribution in [0.5, 0.6) is 5.75 Å². The quantitative estimate of drug-likeness (QED) is 0.937. The zero-order chi connectivity index (χ0) is 16.2. The molecular weight excluding hydrogens is 294 g/mol. The van der Waals surface area contributed by atoms with Gasteiger partial charge in [-0.1, -0.05) is 6.07 Å². The predicted octanol–water partition coefficient (Wildman–Crippen LogP) is 1.76. The Labute approximate surface area is 134 Å². The summed E-state index contributed by atoms with van der Waals surface area (Å²) in [5.74, 6) is 0.535. The van der Waals surface area contributed by atoms with Crippen LogP contribution < -0.4 is 15.0 Å². The number of benzene rings is 1. The minimum Gasteiger partial charge on any atom is -0.491 e. The number of anilines is 1. The Hall–Kier alpha value is -2.89. The van der Waals surface area contributed by atoms with Gasteiger partial charge in [0.05, 0.1) is 18.7 Å². The van der Waals surface area contributed by atoms with E-state index in [1.165, 1.54) is 0 Å². The van der Waals surface area contributed by atoms with E-state index in [1.54, 1.807) is 36.5 Å². The van der Waals surface area contributed by atoms with Gasteiger partial charge >= 0.3 is 0 Å². The van der Waals surface area contributed by atoms with Gasteiger partial charge in [-0.25, -0.2) is 0 Å². The topological polar surface area (TPSA) is 71.5 Å². The molecule has 2 heterocycles. The number of nitrogens with zero attached hydrogens (tertiary/aromatic N) is 2. The van der Waals surface area contributed by atoms with Gasteiger partial charge in [-0.05, 0) is 29.8 Å². The first-order valence-corrected chi connectivity index (χ1v) is 7.35. The molecule has 1 aliphatic heterocycles. The largest absolute Gasteiger partial charge is 0.491 e. The van der Waals surface area contributed by atoms with E-state index in [4.69, 9.17) is 4.74 Å². The lowest BCUT2D eigenvalue weighted by Gasteiger charge is -2.17. The molecule has 2 amide bonds. The first-order chi connectivity index (χ1) is 11.1. The van der Waals surface area contributed by atoms with Crippen LogP contribution in [-0.2, 0) is 11.3 Å². The molecule has 6 heteroatoms. The van der Waals surface area contributed by atoms with Crippen molar-refractivity contribution in [2.24, 2.45) is 0 Å². The van der Waals surface area contributed by atoms with E-state index in [2.05, 4.69) is 10.3 Å². The van der Waals surface area contributed by atoms with E-state index >= 15 is 0 Å². The third kappa shape index (κ3) is 3.31. The standard InChI is InChI=1S/C17H17N3O3/c1-20-14-10-12(2-3-15(14)23-9-6-16(20)21)11-19-17(22)13-4-7-18-8-5-13/h2-5,7-8,10H,6,9,11H2,1H3,(H,19,22). The molecule has 0 spiro atoms. The number of ether oxygens (including phenoxy) is 1. The molecule has 0 atom stereocenters. The van der Waals surface area contributed by atoms with Gasteiger partial charge in [0.2, 0.25) is 5.91 Å². The van der Waals surface area contributed by atoms with Crippen LogP contribution in [0.15, 0.2) is 42.7 Å². The summed E-state index contributed by atoms with van der Waals surface area (Å²) in [6.45, 7) is 0.755. The third-order valence-electron chi connectivity index (χ3n) is 3.73. The predicted molar refractivity (Wildman–Crippen MR) is 85.4 cm³/mol. The minimum absolute atomic E-state index is 0.0155. The smallest absolute Gasteiger partial charge is 0.251 e. The van der Waals surface area contributed by atoms with Gasteiger partial charge in [0.15, 0.2) is 0 Å². The van der Waals surface area contributed by atoms with Crippen molar-refractivity contribution < 1.29 is 14.3 Å². The van der Waals surface area contributed by atoms with Crippen LogP contribution in [0.1, 0.15) is 22.3 Å². The van der Waals surface area contributed by atoms with Crippen LogP contribution in [0.3, 0.4) is 0 Å². The van der Waals surface area contributed by atoms with E-state index in [-0.39, 0.29) is 11.8 Å².